The maximum Gasteiger partial charge on any atom is 0.0430 e. The highest BCUT2D eigenvalue weighted by atomic mass is 32.1. The maximum absolute atomic E-state index is 6.30. The highest BCUT2D eigenvalue weighted by molar-refractivity contribution is 7.12. The zero-order valence-corrected chi connectivity index (χ0v) is 12.8. The molecule has 2 aromatic rings. The van der Waals surface area contributed by atoms with Crippen LogP contribution in [0.4, 0.5) is 0 Å². The fourth-order valence-corrected chi connectivity index (χ4v) is 3.13. The molecule has 0 bridgehead atoms. The Bertz CT molecular complexity index is 510. The number of thiophene rings is 1. The van der Waals surface area contributed by atoms with Gasteiger partial charge in [-0.05, 0) is 42.0 Å². The van der Waals surface area contributed by atoms with Gasteiger partial charge in [-0.1, -0.05) is 45.0 Å². The van der Waals surface area contributed by atoms with E-state index in [-0.39, 0.29) is 6.04 Å². The van der Waals surface area contributed by atoms with Crippen molar-refractivity contribution in [2.75, 3.05) is 0 Å². The average Bonchev–Trinajstić information content (AvgIpc) is 2.88. The lowest BCUT2D eigenvalue weighted by atomic mass is 9.99. The molecule has 0 radical (unpaired) electrons. The fraction of sp³-hybridized carbons (Fsp3) is 0.412. The van der Waals surface area contributed by atoms with E-state index in [4.69, 9.17) is 5.73 Å². The smallest absolute Gasteiger partial charge is 0.0430 e. The van der Waals surface area contributed by atoms with Crippen LogP contribution in [-0.2, 0) is 12.8 Å². The van der Waals surface area contributed by atoms with Crippen molar-refractivity contribution in [3.05, 3.63) is 57.3 Å². The molecule has 0 amide bonds. The molecule has 2 N–H and O–H groups in total. The Morgan fingerprint density at radius 2 is 1.74 bits per heavy atom. The topological polar surface area (TPSA) is 26.0 Å². The second-order valence-electron chi connectivity index (χ2n) is 5.36. The van der Waals surface area contributed by atoms with Crippen molar-refractivity contribution in [2.45, 2.75) is 45.6 Å². The monoisotopic (exact) mass is 273 g/mol. The summed E-state index contributed by atoms with van der Waals surface area (Å²) in [5, 5.41) is 0. The first-order chi connectivity index (χ1) is 9.10. The molecule has 0 aliphatic carbocycles. The molecule has 1 atom stereocenters. The SMILES string of the molecule is CCc1ccc(C(N)Cc2ccc(C(C)C)cc2)s1. The van der Waals surface area contributed by atoms with E-state index in [1.54, 1.807) is 0 Å². The lowest BCUT2D eigenvalue weighted by Crippen LogP contribution is -2.11. The van der Waals surface area contributed by atoms with Crippen LogP contribution in [0.3, 0.4) is 0 Å². The number of nitrogens with two attached hydrogens (primary N) is 1. The Hall–Kier alpha value is -1.12. The van der Waals surface area contributed by atoms with E-state index in [0.29, 0.717) is 5.92 Å². The van der Waals surface area contributed by atoms with Gasteiger partial charge in [-0.2, -0.15) is 0 Å². The zero-order valence-electron chi connectivity index (χ0n) is 12.0. The van der Waals surface area contributed by atoms with Crippen LogP contribution in [0.15, 0.2) is 36.4 Å². The quantitative estimate of drug-likeness (QED) is 0.841. The summed E-state index contributed by atoms with van der Waals surface area (Å²) in [5.74, 6) is 0.590. The Morgan fingerprint density at radius 1 is 1.05 bits per heavy atom. The summed E-state index contributed by atoms with van der Waals surface area (Å²) in [5.41, 5.74) is 9.02. The van der Waals surface area contributed by atoms with Gasteiger partial charge in [0.25, 0.3) is 0 Å². The van der Waals surface area contributed by atoms with Crippen molar-refractivity contribution in [2.24, 2.45) is 5.73 Å². The van der Waals surface area contributed by atoms with Crippen molar-refractivity contribution in [1.29, 1.82) is 0 Å². The van der Waals surface area contributed by atoms with Crippen LogP contribution in [0.5, 0.6) is 0 Å². The number of hydrogen-bond acceptors (Lipinski definition) is 2. The van der Waals surface area contributed by atoms with Crippen molar-refractivity contribution < 1.29 is 0 Å². The Balaban J connectivity index is 2.03. The lowest BCUT2D eigenvalue weighted by Gasteiger charge is -2.11. The van der Waals surface area contributed by atoms with Gasteiger partial charge >= 0.3 is 0 Å². The van der Waals surface area contributed by atoms with Gasteiger partial charge in [0.15, 0.2) is 0 Å². The van der Waals surface area contributed by atoms with Gasteiger partial charge in [-0.3, -0.25) is 0 Å². The molecule has 2 heteroatoms. The Morgan fingerprint density at radius 3 is 2.26 bits per heavy atom. The molecule has 1 unspecified atom stereocenters. The molecule has 1 aromatic carbocycles. The van der Waals surface area contributed by atoms with E-state index in [1.165, 1.54) is 20.9 Å². The van der Waals surface area contributed by atoms with Crippen LogP contribution in [0.25, 0.3) is 0 Å². The summed E-state index contributed by atoms with van der Waals surface area (Å²) in [7, 11) is 0. The van der Waals surface area contributed by atoms with Gasteiger partial charge in [0, 0.05) is 15.8 Å². The fourth-order valence-electron chi connectivity index (χ4n) is 2.18. The highest BCUT2D eigenvalue weighted by Gasteiger charge is 2.10. The number of aryl methyl sites for hydroxylation is 1. The van der Waals surface area contributed by atoms with E-state index in [2.05, 4.69) is 57.2 Å². The normalized spacial score (nSPS) is 12.9. The van der Waals surface area contributed by atoms with E-state index in [0.717, 1.165) is 12.8 Å². The average molecular weight is 273 g/mol. The van der Waals surface area contributed by atoms with E-state index >= 15 is 0 Å². The third-order valence-corrected chi connectivity index (χ3v) is 4.86. The zero-order chi connectivity index (χ0) is 13.8. The third-order valence-electron chi connectivity index (χ3n) is 3.50. The molecule has 1 aromatic heterocycles. The van der Waals surface area contributed by atoms with Gasteiger partial charge < -0.3 is 5.73 Å². The second-order valence-corrected chi connectivity index (χ2v) is 6.56. The molecule has 0 fully saturated rings. The van der Waals surface area contributed by atoms with Gasteiger partial charge in [0.2, 0.25) is 0 Å². The van der Waals surface area contributed by atoms with Gasteiger partial charge in [0.1, 0.15) is 0 Å². The van der Waals surface area contributed by atoms with Crippen LogP contribution in [0.2, 0.25) is 0 Å². The largest absolute Gasteiger partial charge is 0.323 e. The summed E-state index contributed by atoms with van der Waals surface area (Å²) in [6.45, 7) is 6.63. The van der Waals surface area contributed by atoms with Crippen LogP contribution in [-0.4, -0.2) is 0 Å². The molecule has 1 nitrogen and oxygen atoms in total. The molecule has 1 heterocycles. The van der Waals surface area contributed by atoms with Gasteiger partial charge in [0.05, 0.1) is 0 Å². The minimum absolute atomic E-state index is 0.121. The van der Waals surface area contributed by atoms with Crippen LogP contribution < -0.4 is 5.73 Å². The van der Waals surface area contributed by atoms with Gasteiger partial charge in [-0.25, -0.2) is 0 Å². The summed E-state index contributed by atoms with van der Waals surface area (Å²) >= 11 is 1.84. The molecular weight excluding hydrogens is 250 g/mol. The predicted octanol–water partition coefficient (Wildman–Crippen LogP) is 4.68. The number of hydrogen-bond donors (Lipinski definition) is 1. The second kappa shape index (κ2) is 6.36. The molecule has 0 saturated carbocycles. The maximum atomic E-state index is 6.30. The molecule has 0 aliphatic rings. The molecular formula is C17H23NS. The van der Waals surface area contributed by atoms with E-state index < -0.39 is 0 Å². The minimum Gasteiger partial charge on any atom is -0.323 e. The molecule has 0 spiro atoms. The minimum atomic E-state index is 0.121. The Labute approximate surface area is 120 Å². The van der Waals surface area contributed by atoms with Crippen LogP contribution in [0.1, 0.15) is 53.6 Å². The number of benzene rings is 1. The molecule has 102 valence electrons. The van der Waals surface area contributed by atoms with Crippen molar-refractivity contribution in [1.82, 2.24) is 0 Å². The summed E-state index contributed by atoms with van der Waals surface area (Å²) in [6, 6.07) is 13.4. The van der Waals surface area contributed by atoms with Crippen molar-refractivity contribution >= 4 is 11.3 Å². The molecule has 19 heavy (non-hydrogen) atoms. The highest BCUT2D eigenvalue weighted by Crippen LogP contribution is 2.25. The lowest BCUT2D eigenvalue weighted by molar-refractivity contribution is 0.735. The molecule has 2 rings (SSSR count). The molecule has 0 aliphatic heterocycles. The standard InChI is InChI=1S/C17H23NS/c1-4-15-9-10-17(19-15)16(18)11-13-5-7-14(8-6-13)12(2)3/h5-10,12,16H,4,11,18H2,1-3H3. The first-order valence-electron chi connectivity index (χ1n) is 7.03. The van der Waals surface area contributed by atoms with Crippen molar-refractivity contribution in [3.63, 3.8) is 0 Å². The summed E-state index contributed by atoms with van der Waals surface area (Å²) < 4.78 is 0. The first-order valence-corrected chi connectivity index (χ1v) is 7.84. The third kappa shape index (κ3) is 3.68. The summed E-state index contributed by atoms with van der Waals surface area (Å²) in [6.07, 6.45) is 2.02. The molecule has 0 saturated heterocycles. The first kappa shape index (κ1) is 14.3. The van der Waals surface area contributed by atoms with Crippen molar-refractivity contribution in [3.8, 4) is 0 Å². The van der Waals surface area contributed by atoms with E-state index in [9.17, 15) is 0 Å². The van der Waals surface area contributed by atoms with Crippen LogP contribution in [0, 0.1) is 0 Å². The predicted molar refractivity (Wildman–Crippen MR) is 84.9 cm³/mol. The Kier molecular flexibility index (Phi) is 4.78. The van der Waals surface area contributed by atoms with Gasteiger partial charge in [-0.15, -0.1) is 11.3 Å². The van der Waals surface area contributed by atoms with E-state index in [1.807, 2.05) is 11.3 Å². The number of rotatable bonds is 5. The van der Waals surface area contributed by atoms with Crippen LogP contribution >= 0.6 is 11.3 Å². The summed E-state index contributed by atoms with van der Waals surface area (Å²) in [4.78, 5) is 2.71.